The molecular weight excluding hydrogens is 713 g/mol. The van der Waals surface area contributed by atoms with Crippen LogP contribution in [0.15, 0.2) is 0 Å². The molecule has 9 rings (SSSR count). The third-order valence-corrected chi connectivity index (χ3v) is 20.3. The van der Waals surface area contributed by atoms with Gasteiger partial charge in [-0.1, -0.05) is 0 Å². The molecule has 31 heteroatoms. The molecule has 31 heavy (non-hydrogen) atoms. The molecule has 0 aliphatic carbocycles. The standard InChI is InChI=1S/6Ca.3O5Si2.2H2O.2O/c;;;;;;3*1-6-3-7(2,4-6)5-6;;;;/h;;;;;;;;;2*1H2;;/q6*+2;3*-2;;;2*-2/p-2. The minimum Gasteiger partial charge on any atom is -2.00 e. The van der Waals surface area contributed by atoms with Crippen LogP contribution in [0.1, 0.15) is 0 Å². The van der Waals surface area contributed by atoms with Crippen LogP contribution < -0.4 is 28.8 Å². The Kier molecular flexibility index (Phi) is 33.0. The van der Waals surface area contributed by atoms with Crippen molar-refractivity contribution in [3.8, 4) is 0 Å². The molecule has 9 saturated heterocycles. The van der Waals surface area contributed by atoms with Gasteiger partial charge in [-0.25, -0.2) is 0 Å². The van der Waals surface area contributed by atoms with Crippen molar-refractivity contribution in [2.45, 2.75) is 0 Å². The van der Waals surface area contributed by atoms with E-state index in [1.165, 1.54) is 0 Å². The Balaban J connectivity index is -0.0000000480. The summed E-state index contributed by atoms with van der Waals surface area (Å²) in [5.41, 5.74) is 0. The minimum absolute atomic E-state index is 0. The fourth-order valence-electron chi connectivity index (χ4n) is 1.45. The van der Waals surface area contributed by atoms with Gasteiger partial charge in [-0.3, -0.25) is 0 Å². The first kappa shape index (κ1) is 55.1. The summed E-state index contributed by atoms with van der Waals surface area (Å²) < 4.78 is 37.1. The fraction of sp³-hybridized carbons (Fsp3) is 0. The monoisotopic (exact) mass is 714 g/mol. The van der Waals surface area contributed by atoms with Crippen molar-refractivity contribution in [1.29, 1.82) is 0 Å². The maximum absolute atomic E-state index is 10.1. The fourth-order valence-corrected chi connectivity index (χ4v) is 13.0. The van der Waals surface area contributed by atoms with Crippen LogP contribution in [0, 0.1) is 0 Å². The normalized spacial score (nSPS) is 44.7. The van der Waals surface area contributed by atoms with Gasteiger partial charge in [-0.05, 0) is 0 Å². The summed E-state index contributed by atoms with van der Waals surface area (Å²) in [6.07, 6.45) is 0. The van der Waals surface area contributed by atoms with Crippen molar-refractivity contribution in [3.63, 3.8) is 0 Å². The number of hydrogen-bond donors (Lipinski definition) is 0. The molecule has 2 N–H and O–H groups in total. The quantitative estimate of drug-likeness (QED) is 0.210. The predicted molar refractivity (Wildman–Crippen MR) is 84.1 cm³/mol. The van der Waals surface area contributed by atoms with Crippen LogP contribution in [-0.4, -0.2) is 292 Å². The largest absolute Gasteiger partial charge is 2.00 e. The van der Waals surface area contributed by atoms with Gasteiger partial charge in [0.15, 0.2) is 0 Å². The molecule has 9 fully saturated rings. The van der Waals surface area contributed by atoms with Crippen LogP contribution in [0.5, 0.6) is 0 Å². The van der Waals surface area contributed by atoms with Crippen LogP contribution in [-0.2, 0) is 48.0 Å². The molecule has 0 atom stereocenters. The van der Waals surface area contributed by atoms with Crippen molar-refractivity contribution in [2.24, 2.45) is 0 Å². The van der Waals surface area contributed by atoms with Gasteiger partial charge in [0.1, 0.15) is 0 Å². The van der Waals surface area contributed by atoms with Gasteiger partial charge in [-0.15, -0.1) is 0 Å². The Labute approximate surface area is 359 Å². The Hall–Kier alpha value is 8.10. The summed E-state index contributed by atoms with van der Waals surface area (Å²) in [4.78, 5) is 60.8. The van der Waals surface area contributed by atoms with Gasteiger partial charge in [0.2, 0.25) is 0 Å². The van der Waals surface area contributed by atoms with E-state index in [-0.39, 0.29) is 248 Å². The first-order valence-electron chi connectivity index (χ1n) is 4.90. The second kappa shape index (κ2) is 18.6. The van der Waals surface area contributed by atoms with E-state index >= 15 is 0 Å². The van der Waals surface area contributed by atoms with Gasteiger partial charge < -0.3 is 87.7 Å². The second-order valence-electron chi connectivity index (χ2n) is 3.92. The summed E-state index contributed by atoms with van der Waals surface area (Å²) in [6.45, 7) is 0. The molecule has 9 aliphatic rings. The Morgan fingerprint density at radius 2 is 0.355 bits per heavy atom. The average Bonchev–Trinajstić information content (AvgIpc) is 2.09. The first-order valence-corrected chi connectivity index (χ1v) is 14.7. The zero-order chi connectivity index (χ0) is 15.4. The third kappa shape index (κ3) is 12.9. The molecule has 0 amide bonds. The zero-order valence-corrected chi connectivity index (χ0v) is 34.3. The van der Waals surface area contributed by atoms with E-state index in [1.54, 1.807) is 0 Å². The van der Waals surface area contributed by atoms with Gasteiger partial charge >= 0.3 is 281 Å². The molecule has 0 saturated carbocycles. The summed E-state index contributed by atoms with van der Waals surface area (Å²) in [6, 6.07) is 0. The Morgan fingerprint density at radius 3 is 0.355 bits per heavy atom. The maximum atomic E-state index is 10.1. The summed E-state index contributed by atoms with van der Waals surface area (Å²) in [5, 5.41) is 0. The van der Waals surface area contributed by atoms with E-state index in [4.69, 9.17) is 0 Å². The Morgan fingerprint density at radius 1 is 0.290 bits per heavy atom. The van der Waals surface area contributed by atoms with Gasteiger partial charge in [0.05, 0.1) is 0 Å². The van der Waals surface area contributed by atoms with Crippen LogP contribution in [0.25, 0.3) is 0 Å². The minimum atomic E-state index is -3.38. The van der Waals surface area contributed by atoms with Gasteiger partial charge in [0, 0.05) is 0 Å². The van der Waals surface area contributed by atoms with Crippen molar-refractivity contribution in [2.75, 3.05) is 0 Å². The Bertz CT molecular complexity index is 357. The third-order valence-electron chi connectivity index (χ3n) is 2.25. The molecule has 6 bridgehead atoms. The topological polar surface area (TPSA) is 338 Å². The van der Waals surface area contributed by atoms with E-state index in [2.05, 4.69) is 37.0 Å². The summed E-state index contributed by atoms with van der Waals surface area (Å²) in [7, 11) is -20.3. The van der Waals surface area contributed by atoms with Crippen molar-refractivity contribution < 1.29 is 87.7 Å². The van der Waals surface area contributed by atoms with Crippen molar-refractivity contribution >= 4 is 281 Å². The van der Waals surface area contributed by atoms with E-state index in [1.807, 2.05) is 0 Å². The van der Waals surface area contributed by atoms with E-state index < -0.39 is 54.3 Å². The SMILES string of the molecule is [Ca+2].[Ca+2].[Ca+2].[Ca+2].[Ca+2].[Ca+2].[O-2].[O-2].[O-][Si]12O[Si]([O-])(O1)O2.[O-][Si]12O[Si]([O-])(O1)O2.[O-][Si]12O[Si]([O-])(O1)O2.[OH-].[OH-]. The molecule has 0 aromatic rings. The number of rotatable bonds is 0. The molecule has 0 aromatic carbocycles. The molecule has 0 radical (unpaired) electrons. The summed E-state index contributed by atoms with van der Waals surface area (Å²) >= 11 is 0. The van der Waals surface area contributed by atoms with Crippen LogP contribution in [0.2, 0.25) is 0 Å². The average molecular weight is 715 g/mol. The van der Waals surface area contributed by atoms with Crippen molar-refractivity contribution in [3.05, 3.63) is 0 Å². The molecule has 19 nitrogen and oxygen atoms in total. The molecule has 0 unspecified atom stereocenters. The molecular formula is H2Ca6O19Si6. The van der Waals surface area contributed by atoms with Gasteiger partial charge in [0.25, 0.3) is 0 Å². The zero-order valence-electron chi connectivity index (χ0n) is 15.1. The van der Waals surface area contributed by atoms with E-state index in [9.17, 15) is 28.8 Å². The summed E-state index contributed by atoms with van der Waals surface area (Å²) in [5.74, 6) is 0. The molecule has 9 heterocycles. The number of hydrogen-bond acceptors (Lipinski definition) is 17. The molecule has 0 spiro atoms. The maximum Gasteiger partial charge on any atom is 2.00 e. The molecule has 9 aliphatic heterocycles. The predicted octanol–water partition coefficient (Wildman–Crippen LogP) is -12.9. The van der Waals surface area contributed by atoms with Crippen LogP contribution >= 0.6 is 0 Å². The van der Waals surface area contributed by atoms with Gasteiger partial charge in [-0.2, -0.15) is 0 Å². The van der Waals surface area contributed by atoms with Crippen LogP contribution in [0.3, 0.4) is 0 Å². The van der Waals surface area contributed by atoms with Crippen LogP contribution in [0.4, 0.5) is 0 Å². The second-order valence-corrected chi connectivity index (χ2v) is 17.3. The molecule has 0 aromatic heterocycles. The molecule has 152 valence electrons. The first-order chi connectivity index (χ1) is 9.36. The van der Waals surface area contributed by atoms with Crippen molar-refractivity contribution in [1.82, 2.24) is 0 Å². The smallest absolute Gasteiger partial charge is 2.00 e. The van der Waals surface area contributed by atoms with E-state index in [0.29, 0.717) is 0 Å². The van der Waals surface area contributed by atoms with E-state index in [0.717, 1.165) is 0 Å².